The first-order valence-corrected chi connectivity index (χ1v) is 8.11. The van der Waals surface area contributed by atoms with E-state index in [-0.39, 0.29) is 11.7 Å². The van der Waals surface area contributed by atoms with Crippen LogP contribution in [-0.4, -0.2) is 24.3 Å². The van der Waals surface area contributed by atoms with E-state index in [1.165, 1.54) is 39.0 Å². The van der Waals surface area contributed by atoms with Gasteiger partial charge in [-0.25, -0.2) is 0 Å². The number of carbonyl (C=O) groups excluding carboxylic acids is 2. The van der Waals surface area contributed by atoms with Gasteiger partial charge >= 0.3 is 0 Å². The van der Waals surface area contributed by atoms with Gasteiger partial charge in [0.15, 0.2) is 11.9 Å². The Labute approximate surface area is 132 Å². The summed E-state index contributed by atoms with van der Waals surface area (Å²) in [7, 11) is 0. The monoisotopic (exact) mass is 303 g/mol. The van der Waals surface area contributed by atoms with Crippen molar-refractivity contribution < 1.29 is 14.3 Å². The Morgan fingerprint density at radius 3 is 2.68 bits per heavy atom. The molecule has 1 fully saturated rings. The van der Waals surface area contributed by atoms with Crippen LogP contribution in [0.15, 0.2) is 24.3 Å². The van der Waals surface area contributed by atoms with Gasteiger partial charge in [0.25, 0.3) is 5.91 Å². The Morgan fingerprint density at radius 1 is 1.27 bits per heavy atom. The summed E-state index contributed by atoms with van der Waals surface area (Å²) in [5.41, 5.74) is 0.590. The largest absolute Gasteiger partial charge is 0.481 e. The van der Waals surface area contributed by atoms with Crippen LogP contribution in [0.5, 0.6) is 5.75 Å². The number of carbonyl (C=O) groups is 2. The second kappa shape index (κ2) is 7.97. The lowest BCUT2D eigenvalue weighted by atomic mass is 9.89. The minimum atomic E-state index is -0.564. The van der Waals surface area contributed by atoms with Gasteiger partial charge in [0.05, 0.1) is 0 Å². The molecule has 1 aliphatic rings. The molecule has 0 aromatic heterocycles. The highest BCUT2D eigenvalue weighted by Crippen LogP contribution is 2.22. The lowest BCUT2D eigenvalue weighted by Crippen LogP contribution is -2.39. The van der Waals surface area contributed by atoms with Gasteiger partial charge in [0.1, 0.15) is 5.75 Å². The van der Waals surface area contributed by atoms with Crippen LogP contribution in [0.3, 0.4) is 0 Å². The number of hydrogen-bond acceptors (Lipinski definition) is 3. The number of amides is 1. The van der Waals surface area contributed by atoms with Gasteiger partial charge in [-0.1, -0.05) is 31.4 Å². The van der Waals surface area contributed by atoms with Crippen LogP contribution in [0.25, 0.3) is 0 Å². The standard InChI is InChI=1S/C18H25NO3/c1-13(20)16-9-6-10-17(11-16)22-14(2)18(21)19-12-15-7-4-3-5-8-15/h6,9-11,14-15H,3-5,7-8,12H2,1-2H3,(H,19,21)/t14-/m1/s1. The SMILES string of the molecule is CC(=O)c1cccc(O[C@H](C)C(=O)NCC2CCCCC2)c1. The van der Waals surface area contributed by atoms with E-state index in [1.807, 2.05) is 0 Å². The van der Waals surface area contributed by atoms with Crippen LogP contribution in [-0.2, 0) is 4.79 Å². The summed E-state index contributed by atoms with van der Waals surface area (Å²) in [5, 5.41) is 2.98. The third-order valence-electron chi connectivity index (χ3n) is 4.21. The molecule has 1 aliphatic carbocycles. The van der Waals surface area contributed by atoms with Crippen LogP contribution in [0.2, 0.25) is 0 Å². The molecule has 1 atom stereocenters. The molecule has 22 heavy (non-hydrogen) atoms. The van der Waals surface area contributed by atoms with Gasteiger partial charge in [-0.05, 0) is 44.7 Å². The van der Waals surface area contributed by atoms with Crippen molar-refractivity contribution in [2.45, 2.75) is 52.1 Å². The van der Waals surface area contributed by atoms with E-state index in [9.17, 15) is 9.59 Å². The molecule has 1 aromatic rings. The van der Waals surface area contributed by atoms with Crippen LogP contribution in [0.4, 0.5) is 0 Å². The summed E-state index contributed by atoms with van der Waals surface area (Å²) < 4.78 is 5.64. The summed E-state index contributed by atoms with van der Waals surface area (Å²) in [6.07, 6.45) is 5.70. The molecule has 0 heterocycles. The average Bonchev–Trinajstić information content (AvgIpc) is 2.53. The number of rotatable bonds is 6. The van der Waals surface area contributed by atoms with Crippen molar-refractivity contribution in [1.82, 2.24) is 5.32 Å². The van der Waals surface area contributed by atoms with E-state index in [2.05, 4.69) is 5.32 Å². The minimum absolute atomic E-state index is 0.0140. The fraction of sp³-hybridized carbons (Fsp3) is 0.556. The normalized spacial score (nSPS) is 16.8. The fourth-order valence-corrected chi connectivity index (χ4v) is 2.83. The second-order valence-corrected chi connectivity index (χ2v) is 6.09. The minimum Gasteiger partial charge on any atom is -0.481 e. The summed E-state index contributed by atoms with van der Waals surface area (Å²) in [6, 6.07) is 6.94. The van der Waals surface area contributed by atoms with Crippen molar-refractivity contribution in [3.63, 3.8) is 0 Å². The first-order chi connectivity index (χ1) is 10.6. The van der Waals surface area contributed by atoms with Crippen molar-refractivity contribution in [1.29, 1.82) is 0 Å². The molecule has 1 aromatic carbocycles. The van der Waals surface area contributed by atoms with Gasteiger partial charge in [0.2, 0.25) is 0 Å². The first kappa shape index (κ1) is 16.5. The van der Waals surface area contributed by atoms with Crippen molar-refractivity contribution in [2.75, 3.05) is 6.54 Å². The Balaban J connectivity index is 1.82. The Kier molecular flexibility index (Phi) is 5.99. The van der Waals surface area contributed by atoms with Crippen LogP contribution >= 0.6 is 0 Å². The molecule has 0 bridgehead atoms. The van der Waals surface area contributed by atoms with Crippen LogP contribution in [0, 0.1) is 5.92 Å². The zero-order valence-corrected chi connectivity index (χ0v) is 13.4. The Bertz CT molecular complexity index is 521. The Morgan fingerprint density at radius 2 is 2.00 bits per heavy atom. The van der Waals surface area contributed by atoms with Gasteiger partial charge in [0, 0.05) is 12.1 Å². The predicted molar refractivity (Wildman–Crippen MR) is 86.1 cm³/mol. The number of ketones is 1. The quantitative estimate of drug-likeness (QED) is 0.820. The second-order valence-electron chi connectivity index (χ2n) is 6.09. The third-order valence-corrected chi connectivity index (χ3v) is 4.21. The molecule has 0 saturated heterocycles. The van der Waals surface area contributed by atoms with Crippen LogP contribution in [0.1, 0.15) is 56.3 Å². The molecule has 0 radical (unpaired) electrons. The highest BCUT2D eigenvalue weighted by Gasteiger charge is 2.18. The van der Waals surface area contributed by atoms with Gasteiger partial charge in [-0.2, -0.15) is 0 Å². The summed E-state index contributed by atoms with van der Waals surface area (Å²) in [6.45, 7) is 3.98. The van der Waals surface area contributed by atoms with Crippen molar-refractivity contribution in [3.8, 4) is 5.75 Å². The number of ether oxygens (including phenoxy) is 1. The molecule has 0 spiro atoms. The third kappa shape index (κ3) is 4.86. The maximum atomic E-state index is 12.1. The molecule has 120 valence electrons. The molecule has 4 nitrogen and oxygen atoms in total. The van der Waals surface area contributed by atoms with E-state index in [1.54, 1.807) is 31.2 Å². The fourth-order valence-electron chi connectivity index (χ4n) is 2.83. The summed E-state index contributed by atoms with van der Waals surface area (Å²) >= 11 is 0. The number of hydrogen-bond donors (Lipinski definition) is 1. The number of benzene rings is 1. The zero-order valence-electron chi connectivity index (χ0n) is 13.4. The molecular formula is C18H25NO3. The van der Waals surface area contributed by atoms with Crippen LogP contribution < -0.4 is 10.1 Å². The summed E-state index contributed by atoms with van der Waals surface area (Å²) in [4.78, 5) is 23.5. The average molecular weight is 303 g/mol. The number of Topliss-reactive ketones (excluding diaryl/α,β-unsaturated/α-hetero) is 1. The van der Waals surface area contributed by atoms with Crippen molar-refractivity contribution in [2.24, 2.45) is 5.92 Å². The molecule has 1 saturated carbocycles. The van der Waals surface area contributed by atoms with E-state index in [4.69, 9.17) is 4.74 Å². The predicted octanol–water partition coefficient (Wildman–Crippen LogP) is 3.35. The smallest absolute Gasteiger partial charge is 0.260 e. The van der Waals surface area contributed by atoms with E-state index >= 15 is 0 Å². The zero-order chi connectivity index (χ0) is 15.9. The molecule has 1 N–H and O–H groups in total. The van der Waals surface area contributed by atoms with E-state index < -0.39 is 6.10 Å². The first-order valence-electron chi connectivity index (χ1n) is 8.11. The molecule has 1 amide bonds. The lowest BCUT2D eigenvalue weighted by molar-refractivity contribution is -0.127. The molecule has 0 aliphatic heterocycles. The maximum absolute atomic E-state index is 12.1. The van der Waals surface area contributed by atoms with Gasteiger partial charge in [-0.15, -0.1) is 0 Å². The van der Waals surface area contributed by atoms with Gasteiger partial charge < -0.3 is 10.1 Å². The Hall–Kier alpha value is -1.84. The van der Waals surface area contributed by atoms with Crippen molar-refractivity contribution >= 4 is 11.7 Å². The van der Waals surface area contributed by atoms with E-state index in [0.717, 1.165) is 6.54 Å². The highest BCUT2D eigenvalue weighted by atomic mass is 16.5. The maximum Gasteiger partial charge on any atom is 0.260 e. The molecule has 2 rings (SSSR count). The van der Waals surface area contributed by atoms with E-state index in [0.29, 0.717) is 17.2 Å². The highest BCUT2D eigenvalue weighted by molar-refractivity contribution is 5.94. The van der Waals surface area contributed by atoms with Gasteiger partial charge in [-0.3, -0.25) is 9.59 Å². The number of nitrogens with one attached hydrogen (secondary N) is 1. The molecular weight excluding hydrogens is 278 g/mol. The lowest BCUT2D eigenvalue weighted by Gasteiger charge is -2.23. The molecule has 0 unspecified atom stereocenters. The summed E-state index contributed by atoms with van der Waals surface area (Å²) in [5.74, 6) is 1.04. The molecule has 4 heteroatoms. The topological polar surface area (TPSA) is 55.4 Å². The van der Waals surface area contributed by atoms with Crippen molar-refractivity contribution in [3.05, 3.63) is 29.8 Å².